The van der Waals surface area contributed by atoms with Crippen LogP contribution in [0.4, 0.5) is 0 Å². The average Bonchev–Trinajstić information content (AvgIpc) is 2.91. The molecule has 0 aliphatic rings. The first-order valence-corrected chi connectivity index (χ1v) is 11.5. The van der Waals surface area contributed by atoms with E-state index in [1.807, 2.05) is 78.9 Å². The lowest BCUT2D eigenvalue weighted by Crippen LogP contribution is -2.29. The van der Waals surface area contributed by atoms with Gasteiger partial charge >= 0.3 is 0 Å². The van der Waals surface area contributed by atoms with Gasteiger partial charge in [0.2, 0.25) is 5.91 Å². The first kappa shape index (κ1) is 22.2. The molecular formula is C29H24N4O2. The van der Waals surface area contributed by atoms with Gasteiger partial charge in [0.1, 0.15) is 0 Å². The lowest BCUT2D eigenvalue weighted by molar-refractivity contribution is -0.120. The van der Waals surface area contributed by atoms with Crippen LogP contribution in [0.25, 0.3) is 21.9 Å². The summed E-state index contributed by atoms with van der Waals surface area (Å²) in [7, 11) is 0. The van der Waals surface area contributed by atoms with Crippen molar-refractivity contribution in [2.45, 2.75) is 19.5 Å². The van der Waals surface area contributed by atoms with Gasteiger partial charge in [-0.25, -0.2) is 4.68 Å². The minimum Gasteiger partial charge on any atom is -0.350 e. The third-order valence-electron chi connectivity index (χ3n) is 5.86. The molecule has 0 fully saturated rings. The normalized spacial score (nSPS) is 10.9. The molecule has 35 heavy (non-hydrogen) atoms. The van der Waals surface area contributed by atoms with E-state index < -0.39 is 0 Å². The van der Waals surface area contributed by atoms with E-state index in [2.05, 4.69) is 27.5 Å². The fourth-order valence-electron chi connectivity index (χ4n) is 4.06. The van der Waals surface area contributed by atoms with Crippen LogP contribution in [0.1, 0.15) is 17.0 Å². The zero-order valence-corrected chi connectivity index (χ0v) is 19.1. The summed E-state index contributed by atoms with van der Waals surface area (Å²) in [6, 6.07) is 31.0. The molecule has 0 bridgehead atoms. The largest absolute Gasteiger partial charge is 0.350 e. The topological polar surface area (TPSA) is 76.9 Å². The quantitative estimate of drug-likeness (QED) is 0.391. The lowest BCUT2D eigenvalue weighted by atomic mass is 10.0. The van der Waals surface area contributed by atoms with Crippen LogP contribution < -0.4 is 10.9 Å². The molecule has 0 saturated carbocycles. The van der Waals surface area contributed by atoms with Crippen molar-refractivity contribution in [3.8, 4) is 11.1 Å². The summed E-state index contributed by atoms with van der Waals surface area (Å²) in [5, 5.41) is 8.84. The van der Waals surface area contributed by atoms with Gasteiger partial charge in [-0.1, -0.05) is 78.9 Å². The molecule has 0 aliphatic heterocycles. The highest BCUT2D eigenvalue weighted by atomic mass is 16.1. The van der Waals surface area contributed by atoms with Crippen molar-refractivity contribution in [1.82, 2.24) is 20.1 Å². The van der Waals surface area contributed by atoms with Crippen molar-refractivity contribution in [1.29, 1.82) is 0 Å². The van der Waals surface area contributed by atoms with Gasteiger partial charge in [0, 0.05) is 11.6 Å². The Labute approximate surface area is 202 Å². The van der Waals surface area contributed by atoms with E-state index in [0.717, 1.165) is 27.8 Å². The molecule has 3 aromatic carbocycles. The Kier molecular flexibility index (Phi) is 6.44. The number of rotatable bonds is 7. The fraction of sp³-hybridized carbons (Fsp3) is 0.103. The van der Waals surface area contributed by atoms with Crippen molar-refractivity contribution in [2.75, 3.05) is 0 Å². The monoisotopic (exact) mass is 460 g/mol. The summed E-state index contributed by atoms with van der Waals surface area (Å²) >= 11 is 0. The highest BCUT2D eigenvalue weighted by Crippen LogP contribution is 2.19. The first-order chi connectivity index (χ1) is 17.2. The van der Waals surface area contributed by atoms with E-state index in [1.54, 1.807) is 12.3 Å². The van der Waals surface area contributed by atoms with Gasteiger partial charge in [0.25, 0.3) is 5.56 Å². The maximum Gasteiger partial charge on any atom is 0.275 e. The van der Waals surface area contributed by atoms with Crippen molar-refractivity contribution >= 4 is 16.7 Å². The smallest absolute Gasteiger partial charge is 0.275 e. The van der Waals surface area contributed by atoms with Crippen molar-refractivity contribution in [3.63, 3.8) is 0 Å². The minimum atomic E-state index is -0.181. The summed E-state index contributed by atoms with van der Waals surface area (Å²) in [6.45, 7) is 0.489. The summed E-state index contributed by atoms with van der Waals surface area (Å²) in [4.78, 5) is 30.0. The summed E-state index contributed by atoms with van der Waals surface area (Å²) in [5.41, 5.74) is 4.39. The van der Waals surface area contributed by atoms with Gasteiger partial charge in [-0.3, -0.25) is 14.6 Å². The molecule has 1 N–H and O–H groups in total. The third-order valence-corrected chi connectivity index (χ3v) is 5.86. The number of hydrogen-bond donors (Lipinski definition) is 1. The van der Waals surface area contributed by atoms with E-state index in [9.17, 15) is 9.59 Å². The van der Waals surface area contributed by atoms with Gasteiger partial charge in [0.15, 0.2) is 0 Å². The minimum absolute atomic E-state index is 0.106. The number of aromatic nitrogens is 3. The van der Waals surface area contributed by atoms with Crippen LogP contribution in [0.5, 0.6) is 0 Å². The van der Waals surface area contributed by atoms with Crippen LogP contribution in [-0.2, 0) is 24.3 Å². The van der Waals surface area contributed by atoms with Gasteiger partial charge < -0.3 is 5.32 Å². The van der Waals surface area contributed by atoms with Crippen LogP contribution in [0.15, 0.2) is 108 Å². The molecule has 172 valence electrons. The molecule has 1 amide bonds. The molecule has 0 atom stereocenters. The second-order valence-electron chi connectivity index (χ2n) is 8.29. The van der Waals surface area contributed by atoms with E-state index >= 15 is 0 Å². The van der Waals surface area contributed by atoms with Crippen molar-refractivity contribution in [2.24, 2.45) is 0 Å². The van der Waals surface area contributed by atoms with Crippen LogP contribution in [0.2, 0.25) is 0 Å². The second kappa shape index (κ2) is 10.1. The van der Waals surface area contributed by atoms with Gasteiger partial charge in [-0.05, 0) is 34.9 Å². The molecule has 5 rings (SSSR count). The van der Waals surface area contributed by atoms with Crippen LogP contribution in [0.3, 0.4) is 0 Å². The van der Waals surface area contributed by atoms with Crippen LogP contribution >= 0.6 is 0 Å². The van der Waals surface area contributed by atoms with Crippen LogP contribution in [-0.4, -0.2) is 20.7 Å². The lowest BCUT2D eigenvalue weighted by Gasteiger charge is -2.12. The number of benzene rings is 3. The summed E-state index contributed by atoms with van der Waals surface area (Å²) in [6.07, 6.45) is 1.95. The Morgan fingerprint density at radius 3 is 2.20 bits per heavy atom. The molecule has 0 radical (unpaired) electrons. The Morgan fingerprint density at radius 2 is 1.46 bits per heavy atom. The van der Waals surface area contributed by atoms with E-state index in [0.29, 0.717) is 11.1 Å². The summed E-state index contributed by atoms with van der Waals surface area (Å²) in [5.74, 6) is -0.106. The number of nitrogens with zero attached hydrogens (tertiary/aromatic N) is 3. The fourth-order valence-corrected chi connectivity index (χ4v) is 4.06. The first-order valence-electron chi connectivity index (χ1n) is 11.5. The number of fused-ring (bicyclic) bond motifs is 1. The Morgan fingerprint density at radius 1 is 0.771 bits per heavy atom. The molecule has 0 saturated heterocycles. The molecule has 0 spiro atoms. The SMILES string of the molecule is O=C(Cc1ccc(-c2ccccc2)cc1)NCc1nn(Cc2ccccn2)c(=O)c2ccccc12. The number of nitrogens with one attached hydrogen (secondary N) is 1. The predicted octanol–water partition coefficient (Wildman–Crippen LogP) is 4.37. The van der Waals surface area contributed by atoms with E-state index in [4.69, 9.17) is 0 Å². The zero-order chi connectivity index (χ0) is 24.0. The maximum absolute atomic E-state index is 13.0. The number of amides is 1. The molecular weight excluding hydrogens is 436 g/mol. The summed E-state index contributed by atoms with van der Waals surface area (Å²) < 4.78 is 1.41. The molecule has 2 heterocycles. The molecule has 2 aromatic heterocycles. The number of carbonyl (C=O) groups excluding carboxylic acids is 1. The highest BCUT2D eigenvalue weighted by Gasteiger charge is 2.12. The standard InChI is InChI=1S/C29H24N4O2/c34-28(18-21-13-15-23(16-14-21)22-8-2-1-3-9-22)31-19-27-25-11-4-5-12-26(25)29(35)33(32-27)20-24-10-6-7-17-30-24/h1-17H,18-20H2,(H,31,34). The van der Waals surface area contributed by atoms with Crippen molar-refractivity contribution < 1.29 is 4.79 Å². The average molecular weight is 461 g/mol. The number of hydrogen-bond acceptors (Lipinski definition) is 4. The Hall–Kier alpha value is -4.58. The Bertz CT molecular complexity index is 1510. The number of carbonyl (C=O) groups is 1. The molecule has 0 unspecified atom stereocenters. The zero-order valence-electron chi connectivity index (χ0n) is 19.1. The van der Waals surface area contributed by atoms with Gasteiger partial charge in [-0.15, -0.1) is 0 Å². The van der Waals surface area contributed by atoms with Crippen molar-refractivity contribution in [3.05, 3.63) is 131 Å². The van der Waals surface area contributed by atoms with Gasteiger partial charge in [0.05, 0.1) is 36.3 Å². The number of pyridine rings is 1. The molecule has 6 nitrogen and oxygen atoms in total. The molecule has 0 aliphatic carbocycles. The molecule has 6 heteroatoms. The maximum atomic E-state index is 13.0. The Balaban J connectivity index is 1.31. The van der Waals surface area contributed by atoms with Crippen LogP contribution in [0, 0.1) is 0 Å². The molecule has 5 aromatic rings. The second-order valence-corrected chi connectivity index (χ2v) is 8.29. The van der Waals surface area contributed by atoms with Gasteiger partial charge in [-0.2, -0.15) is 5.10 Å². The van der Waals surface area contributed by atoms with E-state index in [1.165, 1.54) is 4.68 Å². The van der Waals surface area contributed by atoms with E-state index in [-0.39, 0.29) is 31.0 Å². The third kappa shape index (κ3) is 5.17. The highest BCUT2D eigenvalue weighted by molar-refractivity contribution is 5.84. The predicted molar refractivity (Wildman–Crippen MR) is 137 cm³/mol.